The third-order valence-electron chi connectivity index (χ3n) is 6.53. The lowest BCUT2D eigenvalue weighted by molar-refractivity contribution is -0.134. The maximum absolute atomic E-state index is 12.5. The first-order chi connectivity index (χ1) is 15.5. The standard InChI is InChI=1S/C26H32N4O2/c1-4-19-6-5-7-21(14-19)23-15-22(16-27)26(28-25(23)20-8-9-20)29-11-12-30(18(2)17-29)24(31)10-13-32-3/h5-7,14-15,18,20H,4,8-13,17H2,1-3H3/t18-/m1/s1. The van der Waals surface area contributed by atoms with Gasteiger partial charge in [0.2, 0.25) is 5.91 Å². The van der Waals surface area contributed by atoms with Crippen molar-refractivity contribution in [1.29, 1.82) is 5.26 Å². The number of hydrogen-bond acceptors (Lipinski definition) is 5. The summed E-state index contributed by atoms with van der Waals surface area (Å²) in [5, 5.41) is 9.97. The zero-order chi connectivity index (χ0) is 22.7. The number of benzene rings is 1. The Hall–Kier alpha value is -2.91. The van der Waals surface area contributed by atoms with Crippen molar-refractivity contribution in [2.24, 2.45) is 0 Å². The number of aryl methyl sites for hydroxylation is 1. The Balaban J connectivity index is 1.63. The Bertz CT molecular complexity index is 1020. The Morgan fingerprint density at radius 2 is 2.09 bits per heavy atom. The molecule has 1 aliphatic carbocycles. The average molecular weight is 433 g/mol. The molecule has 2 aliphatic rings. The molecule has 168 valence electrons. The maximum atomic E-state index is 12.5. The lowest BCUT2D eigenvalue weighted by Gasteiger charge is -2.41. The molecule has 1 atom stereocenters. The average Bonchev–Trinajstić information content (AvgIpc) is 3.67. The van der Waals surface area contributed by atoms with Gasteiger partial charge in [0.1, 0.15) is 11.9 Å². The highest BCUT2D eigenvalue weighted by Gasteiger charge is 2.33. The Morgan fingerprint density at radius 3 is 2.75 bits per heavy atom. The van der Waals surface area contributed by atoms with Crippen molar-refractivity contribution >= 4 is 11.7 Å². The van der Waals surface area contributed by atoms with Crippen molar-refractivity contribution in [3.8, 4) is 17.2 Å². The fraction of sp³-hybridized carbons (Fsp3) is 0.500. The smallest absolute Gasteiger partial charge is 0.225 e. The number of hydrogen-bond donors (Lipinski definition) is 0. The second-order valence-corrected chi connectivity index (χ2v) is 8.86. The van der Waals surface area contributed by atoms with E-state index in [0.717, 1.165) is 41.9 Å². The van der Waals surface area contributed by atoms with E-state index in [1.807, 2.05) is 11.0 Å². The summed E-state index contributed by atoms with van der Waals surface area (Å²) < 4.78 is 5.06. The van der Waals surface area contributed by atoms with Crippen LogP contribution in [0.25, 0.3) is 11.1 Å². The molecule has 0 spiro atoms. The van der Waals surface area contributed by atoms with Crippen LogP contribution in [0, 0.1) is 11.3 Å². The van der Waals surface area contributed by atoms with Crippen LogP contribution in [-0.2, 0) is 16.0 Å². The number of rotatable bonds is 7. The van der Waals surface area contributed by atoms with Crippen molar-refractivity contribution in [2.75, 3.05) is 38.3 Å². The largest absolute Gasteiger partial charge is 0.384 e. The lowest BCUT2D eigenvalue weighted by atomic mass is 9.97. The minimum atomic E-state index is 0.0618. The fourth-order valence-electron chi connectivity index (χ4n) is 4.55. The number of amides is 1. The third kappa shape index (κ3) is 4.63. The van der Waals surface area contributed by atoms with Crippen molar-refractivity contribution in [3.05, 3.63) is 47.2 Å². The minimum Gasteiger partial charge on any atom is -0.384 e. The Morgan fingerprint density at radius 1 is 1.28 bits per heavy atom. The van der Waals surface area contributed by atoms with E-state index in [0.29, 0.717) is 44.1 Å². The van der Waals surface area contributed by atoms with Crippen LogP contribution in [-0.4, -0.2) is 55.2 Å². The summed E-state index contributed by atoms with van der Waals surface area (Å²) in [5.41, 5.74) is 5.24. The van der Waals surface area contributed by atoms with Gasteiger partial charge in [0.15, 0.2) is 0 Å². The van der Waals surface area contributed by atoms with Crippen molar-refractivity contribution in [1.82, 2.24) is 9.88 Å². The summed E-state index contributed by atoms with van der Waals surface area (Å²) in [7, 11) is 1.61. The molecule has 0 unspecified atom stereocenters. The van der Waals surface area contributed by atoms with Gasteiger partial charge in [-0.25, -0.2) is 4.98 Å². The number of methoxy groups -OCH3 is 1. The van der Waals surface area contributed by atoms with Gasteiger partial charge in [-0.05, 0) is 43.4 Å². The van der Waals surface area contributed by atoms with Crippen molar-refractivity contribution in [3.63, 3.8) is 0 Å². The van der Waals surface area contributed by atoms with Gasteiger partial charge in [-0.3, -0.25) is 4.79 Å². The molecule has 2 fully saturated rings. The number of carbonyl (C=O) groups is 1. The predicted molar refractivity (Wildman–Crippen MR) is 126 cm³/mol. The highest BCUT2D eigenvalue weighted by atomic mass is 16.5. The number of aromatic nitrogens is 1. The lowest BCUT2D eigenvalue weighted by Crippen LogP contribution is -2.54. The van der Waals surface area contributed by atoms with Gasteiger partial charge < -0.3 is 14.5 Å². The molecule has 4 rings (SSSR count). The molecule has 2 aromatic rings. The molecular formula is C26H32N4O2. The van der Waals surface area contributed by atoms with E-state index >= 15 is 0 Å². The van der Waals surface area contributed by atoms with Crippen LogP contribution in [0.4, 0.5) is 5.82 Å². The second kappa shape index (κ2) is 9.70. The van der Waals surface area contributed by atoms with Gasteiger partial charge in [-0.15, -0.1) is 0 Å². The summed E-state index contributed by atoms with van der Waals surface area (Å²) in [5.74, 6) is 1.36. The van der Waals surface area contributed by atoms with Gasteiger partial charge in [0.25, 0.3) is 0 Å². The van der Waals surface area contributed by atoms with Gasteiger partial charge in [0, 0.05) is 44.3 Å². The highest BCUT2D eigenvalue weighted by molar-refractivity contribution is 5.77. The predicted octanol–water partition coefficient (Wildman–Crippen LogP) is 4.13. The first-order valence-electron chi connectivity index (χ1n) is 11.6. The zero-order valence-electron chi connectivity index (χ0n) is 19.3. The van der Waals surface area contributed by atoms with Gasteiger partial charge in [0.05, 0.1) is 24.3 Å². The number of anilines is 1. The van der Waals surface area contributed by atoms with Crippen LogP contribution in [0.1, 0.15) is 55.8 Å². The summed E-state index contributed by atoms with van der Waals surface area (Å²) in [6.45, 7) is 6.65. The molecule has 0 radical (unpaired) electrons. The topological polar surface area (TPSA) is 69.5 Å². The first-order valence-corrected chi connectivity index (χ1v) is 11.6. The van der Waals surface area contributed by atoms with Crippen LogP contribution in [0.15, 0.2) is 30.3 Å². The Kier molecular flexibility index (Phi) is 6.76. The summed E-state index contributed by atoms with van der Waals surface area (Å²) in [6, 6.07) is 13.1. The number of ether oxygens (including phenoxy) is 1. The molecule has 1 aromatic carbocycles. The van der Waals surface area contributed by atoms with E-state index in [9.17, 15) is 10.1 Å². The molecule has 0 N–H and O–H groups in total. The third-order valence-corrected chi connectivity index (χ3v) is 6.53. The molecule has 1 saturated carbocycles. The number of pyridine rings is 1. The van der Waals surface area contributed by atoms with Crippen molar-refractivity contribution in [2.45, 2.75) is 51.5 Å². The maximum Gasteiger partial charge on any atom is 0.225 e. The molecule has 32 heavy (non-hydrogen) atoms. The normalized spacial score (nSPS) is 18.5. The molecule has 2 heterocycles. The molecule has 6 nitrogen and oxygen atoms in total. The van der Waals surface area contributed by atoms with E-state index < -0.39 is 0 Å². The van der Waals surface area contributed by atoms with E-state index in [1.165, 1.54) is 5.56 Å². The van der Waals surface area contributed by atoms with Crippen LogP contribution in [0.2, 0.25) is 0 Å². The molecular weight excluding hydrogens is 400 g/mol. The van der Waals surface area contributed by atoms with E-state index in [1.54, 1.807) is 7.11 Å². The number of nitriles is 1. The number of piperazine rings is 1. The van der Waals surface area contributed by atoms with Gasteiger partial charge in [-0.1, -0.05) is 31.2 Å². The van der Waals surface area contributed by atoms with Crippen LogP contribution >= 0.6 is 0 Å². The number of nitrogens with zero attached hydrogens (tertiary/aromatic N) is 4. The zero-order valence-corrected chi connectivity index (χ0v) is 19.3. The first kappa shape index (κ1) is 22.3. The highest BCUT2D eigenvalue weighted by Crippen LogP contribution is 2.45. The second-order valence-electron chi connectivity index (χ2n) is 8.86. The fourth-order valence-corrected chi connectivity index (χ4v) is 4.55. The molecule has 6 heteroatoms. The SMILES string of the molecule is CCc1cccc(-c2cc(C#N)c(N3CCN(C(=O)CCOC)[C@H](C)C3)nc2C2CC2)c1. The summed E-state index contributed by atoms with van der Waals surface area (Å²) in [4.78, 5) is 21.7. The van der Waals surface area contributed by atoms with E-state index in [-0.39, 0.29) is 11.9 Å². The molecule has 0 bridgehead atoms. The van der Waals surface area contributed by atoms with Crippen LogP contribution < -0.4 is 4.90 Å². The molecule has 1 aromatic heterocycles. The van der Waals surface area contributed by atoms with Gasteiger partial charge in [-0.2, -0.15) is 5.26 Å². The van der Waals surface area contributed by atoms with Crippen molar-refractivity contribution < 1.29 is 9.53 Å². The quantitative estimate of drug-likeness (QED) is 0.658. The molecule has 1 amide bonds. The van der Waals surface area contributed by atoms with Gasteiger partial charge >= 0.3 is 0 Å². The monoisotopic (exact) mass is 432 g/mol. The summed E-state index contributed by atoms with van der Waals surface area (Å²) >= 11 is 0. The summed E-state index contributed by atoms with van der Waals surface area (Å²) in [6.07, 6.45) is 3.68. The number of carbonyl (C=O) groups excluding carboxylic acids is 1. The Labute approximate surface area is 190 Å². The minimum absolute atomic E-state index is 0.0618. The molecule has 1 saturated heterocycles. The van der Waals surface area contributed by atoms with Crippen LogP contribution in [0.5, 0.6) is 0 Å². The molecule has 1 aliphatic heterocycles. The van der Waals surface area contributed by atoms with E-state index in [4.69, 9.17) is 9.72 Å². The van der Waals surface area contributed by atoms with Crippen LogP contribution in [0.3, 0.4) is 0 Å². The van der Waals surface area contributed by atoms with E-state index in [2.05, 4.69) is 49.1 Å².